The minimum Gasteiger partial charge on any atom is -0.458 e. The van der Waals surface area contributed by atoms with Crippen molar-refractivity contribution in [2.75, 3.05) is 0 Å². The third-order valence-corrected chi connectivity index (χ3v) is 4.76. The highest BCUT2D eigenvalue weighted by Gasteiger charge is 2.14. The minimum atomic E-state index is -0.280. The lowest BCUT2D eigenvalue weighted by Gasteiger charge is -2.16. The Morgan fingerprint density at radius 1 is 1.36 bits per heavy atom. The van der Waals surface area contributed by atoms with Crippen molar-refractivity contribution in [3.05, 3.63) is 33.3 Å². The van der Waals surface area contributed by atoms with Crippen molar-refractivity contribution in [1.82, 2.24) is 4.98 Å². The van der Waals surface area contributed by atoms with E-state index in [1.165, 1.54) is 12.5 Å². The smallest absolute Gasteiger partial charge is 0.303 e. The Balaban J connectivity index is 2.68. The van der Waals surface area contributed by atoms with Crippen LogP contribution in [-0.2, 0) is 14.3 Å². The summed E-state index contributed by atoms with van der Waals surface area (Å²) in [4.78, 5) is 26.5. The molecule has 0 amide bonds. The molecule has 0 aromatic carbocycles. The Morgan fingerprint density at radius 3 is 2.64 bits per heavy atom. The Kier molecular flexibility index (Phi) is 9.35. The van der Waals surface area contributed by atoms with Gasteiger partial charge in [-0.3, -0.25) is 4.79 Å². The second-order valence-corrected chi connectivity index (χ2v) is 7.63. The molecular weight excluding hydrogens is 334 g/mol. The second kappa shape index (κ2) is 11.0. The number of ether oxygens (including phenoxy) is 1. The van der Waals surface area contributed by atoms with E-state index in [4.69, 9.17) is 4.74 Å². The lowest BCUT2D eigenvalue weighted by molar-refractivity contribution is -0.144. The molecule has 0 N–H and O–H groups in total. The zero-order valence-electron chi connectivity index (χ0n) is 15.9. The minimum absolute atomic E-state index is 0.119. The van der Waals surface area contributed by atoms with E-state index in [1.807, 2.05) is 32.2 Å². The number of carbonyl (C=O) groups is 2. The van der Waals surface area contributed by atoms with Crippen molar-refractivity contribution in [3.8, 4) is 0 Å². The summed E-state index contributed by atoms with van der Waals surface area (Å²) in [5.74, 6) is -0.161. The predicted octanol–water partition coefficient (Wildman–Crippen LogP) is 5.13. The SMILES string of the molecule is CC(=O)OC(C/C=C(/C)CCC[C@H](C)C=O)/C(C)=C/c1csc(C)n1. The summed E-state index contributed by atoms with van der Waals surface area (Å²) in [6, 6.07) is 0. The van der Waals surface area contributed by atoms with E-state index in [-0.39, 0.29) is 18.0 Å². The predicted molar refractivity (Wildman–Crippen MR) is 104 cm³/mol. The van der Waals surface area contributed by atoms with Crippen LogP contribution >= 0.6 is 11.3 Å². The number of carbonyl (C=O) groups excluding carboxylic acids is 2. The van der Waals surface area contributed by atoms with Gasteiger partial charge in [-0.05, 0) is 51.7 Å². The van der Waals surface area contributed by atoms with Crippen molar-refractivity contribution in [2.45, 2.75) is 66.4 Å². The molecule has 1 heterocycles. The van der Waals surface area contributed by atoms with Crippen LogP contribution in [0, 0.1) is 12.8 Å². The molecule has 0 saturated carbocycles. The molecule has 0 bridgehead atoms. The molecule has 0 spiro atoms. The zero-order valence-corrected chi connectivity index (χ0v) is 16.7. The molecule has 0 aliphatic rings. The standard InChI is InChI=1S/C20H29NO3S/c1-14(7-6-8-15(2)12-22)9-10-20(24-18(5)23)16(3)11-19-13-25-17(4)21-19/h9,11-13,15,20H,6-8,10H2,1-5H3/b14-9-,16-11+/t15-,20?/m0/s1. The maximum absolute atomic E-state index is 11.4. The van der Waals surface area contributed by atoms with Crippen LogP contribution in [0.25, 0.3) is 6.08 Å². The lowest BCUT2D eigenvalue weighted by atomic mass is 10.0. The van der Waals surface area contributed by atoms with Crippen LogP contribution in [0.15, 0.2) is 22.6 Å². The van der Waals surface area contributed by atoms with Gasteiger partial charge in [0.25, 0.3) is 0 Å². The van der Waals surface area contributed by atoms with Crippen molar-refractivity contribution in [2.24, 2.45) is 5.92 Å². The molecule has 1 unspecified atom stereocenters. The molecule has 1 aromatic heterocycles. The van der Waals surface area contributed by atoms with Crippen molar-refractivity contribution in [3.63, 3.8) is 0 Å². The maximum Gasteiger partial charge on any atom is 0.303 e. The monoisotopic (exact) mass is 363 g/mol. The van der Waals surface area contributed by atoms with Crippen LogP contribution < -0.4 is 0 Å². The Hall–Kier alpha value is -1.75. The van der Waals surface area contributed by atoms with Crippen LogP contribution in [0.3, 0.4) is 0 Å². The van der Waals surface area contributed by atoms with Gasteiger partial charge >= 0.3 is 5.97 Å². The molecule has 138 valence electrons. The molecule has 4 nitrogen and oxygen atoms in total. The molecule has 0 aliphatic heterocycles. The fraction of sp³-hybridized carbons (Fsp3) is 0.550. The molecule has 5 heteroatoms. The summed E-state index contributed by atoms with van der Waals surface area (Å²) >= 11 is 1.60. The van der Waals surface area contributed by atoms with Crippen LogP contribution in [0.5, 0.6) is 0 Å². The molecule has 1 aromatic rings. The number of hydrogen-bond acceptors (Lipinski definition) is 5. The Morgan fingerprint density at radius 2 is 2.08 bits per heavy atom. The number of hydrogen-bond donors (Lipinski definition) is 0. The highest BCUT2D eigenvalue weighted by molar-refractivity contribution is 7.09. The first kappa shape index (κ1) is 21.3. The average Bonchev–Trinajstić information content (AvgIpc) is 2.95. The summed E-state index contributed by atoms with van der Waals surface area (Å²) in [5, 5.41) is 3.02. The topological polar surface area (TPSA) is 56.3 Å². The van der Waals surface area contributed by atoms with Crippen LogP contribution in [-0.4, -0.2) is 23.3 Å². The number of esters is 1. The Bertz CT molecular complexity index is 631. The third-order valence-electron chi connectivity index (χ3n) is 3.97. The highest BCUT2D eigenvalue weighted by atomic mass is 32.1. The van der Waals surface area contributed by atoms with E-state index in [9.17, 15) is 9.59 Å². The van der Waals surface area contributed by atoms with E-state index in [1.54, 1.807) is 11.3 Å². The molecule has 1 rings (SSSR count). The number of rotatable bonds is 10. The van der Waals surface area contributed by atoms with E-state index in [0.29, 0.717) is 6.42 Å². The van der Waals surface area contributed by atoms with Gasteiger partial charge in [0.2, 0.25) is 0 Å². The fourth-order valence-electron chi connectivity index (χ4n) is 2.48. The first-order valence-corrected chi connectivity index (χ1v) is 9.58. The van der Waals surface area contributed by atoms with Crippen LogP contribution in [0.4, 0.5) is 0 Å². The van der Waals surface area contributed by atoms with Crippen molar-refractivity contribution >= 4 is 29.7 Å². The van der Waals surface area contributed by atoms with Crippen molar-refractivity contribution < 1.29 is 14.3 Å². The molecule has 0 fully saturated rings. The van der Waals surface area contributed by atoms with Crippen LogP contribution in [0.2, 0.25) is 0 Å². The molecule has 0 radical (unpaired) electrons. The highest BCUT2D eigenvalue weighted by Crippen LogP contribution is 2.19. The number of aryl methyl sites for hydroxylation is 1. The molecule has 0 aliphatic carbocycles. The first-order chi connectivity index (χ1) is 11.8. The largest absolute Gasteiger partial charge is 0.458 e. The van der Waals surface area contributed by atoms with Gasteiger partial charge in [0.1, 0.15) is 12.4 Å². The van der Waals surface area contributed by atoms with Gasteiger partial charge < -0.3 is 9.53 Å². The van der Waals surface area contributed by atoms with Gasteiger partial charge in [-0.2, -0.15) is 0 Å². The van der Waals surface area contributed by atoms with E-state index < -0.39 is 0 Å². The fourth-order valence-corrected chi connectivity index (χ4v) is 3.05. The maximum atomic E-state index is 11.4. The number of thiazole rings is 1. The summed E-state index contributed by atoms with van der Waals surface area (Å²) < 4.78 is 5.48. The molecule has 2 atom stereocenters. The first-order valence-electron chi connectivity index (χ1n) is 8.70. The van der Waals surface area contributed by atoms with Crippen LogP contribution in [0.1, 0.15) is 64.1 Å². The van der Waals surface area contributed by atoms with Gasteiger partial charge in [0.15, 0.2) is 0 Å². The number of allylic oxidation sites excluding steroid dienone is 1. The summed E-state index contributed by atoms with van der Waals surface area (Å²) in [6.45, 7) is 9.40. The van der Waals surface area contributed by atoms with E-state index in [2.05, 4.69) is 18.0 Å². The van der Waals surface area contributed by atoms with Gasteiger partial charge in [0.05, 0.1) is 10.7 Å². The Labute approximate surface area is 155 Å². The second-order valence-electron chi connectivity index (χ2n) is 6.57. The number of aldehydes is 1. The number of nitrogens with zero attached hydrogens (tertiary/aromatic N) is 1. The van der Waals surface area contributed by atoms with Crippen molar-refractivity contribution in [1.29, 1.82) is 0 Å². The van der Waals surface area contributed by atoms with E-state index >= 15 is 0 Å². The van der Waals surface area contributed by atoms with Gasteiger partial charge in [0, 0.05) is 24.6 Å². The summed E-state index contributed by atoms with van der Waals surface area (Å²) in [7, 11) is 0. The molecular formula is C20H29NO3S. The number of aromatic nitrogens is 1. The third kappa shape index (κ3) is 8.77. The normalized spacial score (nSPS) is 14.9. The average molecular weight is 364 g/mol. The summed E-state index contributed by atoms with van der Waals surface area (Å²) in [6.07, 6.45) is 8.35. The molecule has 0 saturated heterocycles. The summed E-state index contributed by atoms with van der Waals surface area (Å²) in [5.41, 5.74) is 3.15. The van der Waals surface area contributed by atoms with Gasteiger partial charge in [-0.15, -0.1) is 11.3 Å². The zero-order chi connectivity index (χ0) is 18.8. The lowest BCUT2D eigenvalue weighted by Crippen LogP contribution is -2.17. The molecule has 25 heavy (non-hydrogen) atoms. The quantitative estimate of drug-likeness (QED) is 0.328. The van der Waals surface area contributed by atoms with Gasteiger partial charge in [-0.25, -0.2) is 4.98 Å². The van der Waals surface area contributed by atoms with E-state index in [0.717, 1.165) is 41.8 Å². The van der Waals surface area contributed by atoms with Gasteiger partial charge in [-0.1, -0.05) is 18.6 Å².